The van der Waals surface area contributed by atoms with Crippen LogP contribution in [-0.2, 0) is 0 Å². The number of nitrogens with two attached hydrogens (primary N) is 1. The molecule has 0 bridgehead atoms. The van der Waals surface area contributed by atoms with Crippen LogP contribution < -0.4 is 5.73 Å². The van der Waals surface area contributed by atoms with Gasteiger partial charge >= 0.3 is 0 Å². The van der Waals surface area contributed by atoms with Crippen molar-refractivity contribution in [3.8, 4) is 0 Å². The molecular formula is C14H21F2N. The van der Waals surface area contributed by atoms with Crippen molar-refractivity contribution in [2.75, 3.05) is 0 Å². The van der Waals surface area contributed by atoms with Crippen molar-refractivity contribution >= 4 is 0 Å². The van der Waals surface area contributed by atoms with Gasteiger partial charge in [0, 0.05) is 6.04 Å². The fourth-order valence-corrected chi connectivity index (χ4v) is 1.61. The Morgan fingerprint density at radius 3 is 2.24 bits per heavy atom. The molecular weight excluding hydrogens is 220 g/mol. The molecule has 0 aromatic heterocycles. The smallest absolute Gasteiger partial charge is 0.159 e. The molecule has 1 rings (SSSR count). The molecule has 0 spiro atoms. The number of hydrogen-bond acceptors (Lipinski definition) is 1. The maximum absolute atomic E-state index is 13.1. The highest BCUT2D eigenvalue weighted by molar-refractivity contribution is 5.21. The molecule has 3 heteroatoms. The monoisotopic (exact) mass is 241 g/mol. The minimum atomic E-state index is -0.832. The second-order valence-corrected chi connectivity index (χ2v) is 5.78. The van der Waals surface area contributed by atoms with Crippen LogP contribution in [0, 0.1) is 23.0 Å². The largest absolute Gasteiger partial charge is 0.324 e. The summed E-state index contributed by atoms with van der Waals surface area (Å²) in [6.45, 7) is 8.57. The van der Waals surface area contributed by atoms with E-state index in [1.165, 1.54) is 6.07 Å². The summed E-state index contributed by atoms with van der Waals surface area (Å²) in [4.78, 5) is 0. The van der Waals surface area contributed by atoms with Gasteiger partial charge in [0.05, 0.1) is 0 Å². The highest BCUT2D eigenvalue weighted by Gasteiger charge is 2.23. The van der Waals surface area contributed by atoms with Crippen LogP contribution >= 0.6 is 0 Å². The number of benzene rings is 1. The Morgan fingerprint density at radius 2 is 1.76 bits per heavy atom. The summed E-state index contributed by atoms with van der Waals surface area (Å²) in [6, 6.07) is 3.62. The molecule has 0 heterocycles. The molecule has 0 aliphatic rings. The average Bonchev–Trinajstić information content (AvgIpc) is 2.20. The second kappa shape index (κ2) is 5.13. The Bertz CT molecular complexity index is 382. The van der Waals surface area contributed by atoms with Gasteiger partial charge < -0.3 is 5.73 Å². The molecule has 17 heavy (non-hydrogen) atoms. The summed E-state index contributed by atoms with van der Waals surface area (Å²) in [5.74, 6) is -1.25. The maximum atomic E-state index is 13.1. The van der Waals surface area contributed by atoms with Gasteiger partial charge in [-0.3, -0.25) is 0 Å². The van der Waals surface area contributed by atoms with Gasteiger partial charge in [-0.1, -0.05) is 33.8 Å². The molecule has 0 saturated heterocycles. The third-order valence-electron chi connectivity index (χ3n) is 3.46. The van der Waals surface area contributed by atoms with Crippen molar-refractivity contribution in [3.05, 3.63) is 35.4 Å². The molecule has 96 valence electrons. The number of hydrogen-bond donors (Lipinski definition) is 1. The predicted octanol–water partition coefficient (Wildman–Crippen LogP) is 4.04. The summed E-state index contributed by atoms with van der Waals surface area (Å²) in [7, 11) is 0. The lowest BCUT2D eigenvalue weighted by Gasteiger charge is -2.29. The summed E-state index contributed by atoms with van der Waals surface area (Å²) >= 11 is 0. The van der Waals surface area contributed by atoms with E-state index in [0.717, 1.165) is 12.5 Å². The van der Waals surface area contributed by atoms with Crippen LogP contribution in [0.5, 0.6) is 0 Å². The SMILES string of the molecule is CC(CC(N)c1ccc(F)c(F)c1)C(C)(C)C. The fraction of sp³-hybridized carbons (Fsp3) is 0.571. The first kappa shape index (κ1) is 14.1. The highest BCUT2D eigenvalue weighted by Crippen LogP contribution is 2.32. The van der Waals surface area contributed by atoms with Gasteiger partial charge in [0.15, 0.2) is 11.6 Å². The van der Waals surface area contributed by atoms with E-state index in [0.29, 0.717) is 11.5 Å². The summed E-state index contributed by atoms with van der Waals surface area (Å²) in [5.41, 5.74) is 6.84. The zero-order chi connectivity index (χ0) is 13.2. The first-order valence-corrected chi connectivity index (χ1v) is 5.92. The Balaban J connectivity index is 2.76. The molecule has 0 fully saturated rings. The summed E-state index contributed by atoms with van der Waals surface area (Å²) < 4.78 is 25.9. The maximum Gasteiger partial charge on any atom is 0.159 e. The number of rotatable bonds is 3. The Hall–Kier alpha value is -0.960. The van der Waals surface area contributed by atoms with E-state index in [9.17, 15) is 8.78 Å². The first-order valence-electron chi connectivity index (χ1n) is 5.92. The lowest BCUT2D eigenvalue weighted by Crippen LogP contribution is -2.23. The summed E-state index contributed by atoms with van der Waals surface area (Å²) in [5, 5.41) is 0. The van der Waals surface area contributed by atoms with Crippen molar-refractivity contribution in [3.63, 3.8) is 0 Å². The Labute approximate surface area is 102 Å². The van der Waals surface area contributed by atoms with E-state index in [1.54, 1.807) is 6.07 Å². The highest BCUT2D eigenvalue weighted by atomic mass is 19.2. The molecule has 1 aromatic rings. The van der Waals surface area contributed by atoms with Crippen LogP contribution in [-0.4, -0.2) is 0 Å². The van der Waals surface area contributed by atoms with Gasteiger partial charge in [-0.25, -0.2) is 8.78 Å². The third kappa shape index (κ3) is 3.77. The van der Waals surface area contributed by atoms with Crippen molar-refractivity contribution in [1.82, 2.24) is 0 Å². The molecule has 0 amide bonds. The molecule has 2 unspecified atom stereocenters. The minimum absolute atomic E-state index is 0.163. The lowest BCUT2D eigenvalue weighted by atomic mass is 9.78. The van der Waals surface area contributed by atoms with Crippen LogP contribution in [0.25, 0.3) is 0 Å². The van der Waals surface area contributed by atoms with E-state index in [2.05, 4.69) is 27.7 Å². The van der Waals surface area contributed by atoms with E-state index in [1.807, 2.05) is 0 Å². The van der Waals surface area contributed by atoms with Crippen LogP contribution in [0.4, 0.5) is 8.78 Å². The molecule has 0 saturated carbocycles. The van der Waals surface area contributed by atoms with Gasteiger partial charge in [0.2, 0.25) is 0 Å². The molecule has 0 aliphatic heterocycles. The summed E-state index contributed by atoms with van der Waals surface area (Å²) in [6.07, 6.45) is 0.759. The third-order valence-corrected chi connectivity index (χ3v) is 3.46. The average molecular weight is 241 g/mol. The molecule has 2 atom stereocenters. The van der Waals surface area contributed by atoms with Crippen molar-refractivity contribution in [2.45, 2.75) is 40.2 Å². The first-order chi connectivity index (χ1) is 7.71. The van der Waals surface area contributed by atoms with E-state index in [-0.39, 0.29) is 11.5 Å². The van der Waals surface area contributed by atoms with Crippen LogP contribution in [0.2, 0.25) is 0 Å². The van der Waals surface area contributed by atoms with Crippen LogP contribution in [0.15, 0.2) is 18.2 Å². The van der Waals surface area contributed by atoms with Crippen molar-refractivity contribution < 1.29 is 8.78 Å². The van der Waals surface area contributed by atoms with Crippen molar-refractivity contribution in [2.24, 2.45) is 17.1 Å². The Morgan fingerprint density at radius 1 is 1.18 bits per heavy atom. The van der Waals surface area contributed by atoms with E-state index in [4.69, 9.17) is 5.73 Å². The topological polar surface area (TPSA) is 26.0 Å². The van der Waals surface area contributed by atoms with Crippen LogP contribution in [0.1, 0.15) is 45.7 Å². The zero-order valence-electron chi connectivity index (χ0n) is 10.9. The molecule has 0 aliphatic carbocycles. The second-order valence-electron chi connectivity index (χ2n) is 5.78. The predicted molar refractivity (Wildman–Crippen MR) is 66.5 cm³/mol. The van der Waals surface area contributed by atoms with Gasteiger partial charge in [-0.05, 0) is 35.4 Å². The van der Waals surface area contributed by atoms with Gasteiger partial charge in [0.1, 0.15) is 0 Å². The quantitative estimate of drug-likeness (QED) is 0.849. The van der Waals surface area contributed by atoms with Crippen LogP contribution in [0.3, 0.4) is 0 Å². The molecule has 2 N–H and O–H groups in total. The standard InChI is InChI=1S/C14H21F2N/c1-9(14(2,3)4)7-13(17)10-5-6-11(15)12(16)8-10/h5-6,8-9,13H,7,17H2,1-4H3. The zero-order valence-corrected chi connectivity index (χ0v) is 10.9. The van der Waals surface area contributed by atoms with Gasteiger partial charge in [-0.2, -0.15) is 0 Å². The number of halogens is 2. The fourth-order valence-electron chi connectivity index (χ4n) is 1.61. The molecule has 0 radical (unpaired) electrons. The van der Waals surface area contributed by atoms with E-state index < -0.39 is 11.6 Å². The Kier molecular flexibility index (Phi) is 4.26. The molecule has 1 nitrogen and oxygen atoms in total. The van der Waals surface area contributed by atoms with Gasteiger partial charge in [-0.15, -0.1) is 0 Å². The molecule has 1 aromatic carbocycles. The minimum Gasteiger partial charge on any atom is -0.324 e. The lowest BCUT2D eigenvalue weighted by molar-refractivity contribution is 0.233. The normalized spacial score (nSPS) is 15.7. The van der Waals surface area contributed by atoms with E-state index >= 15 is 0 Å². The van der Waals surface area contributed by atoms with Gasteiger partial charge in [0.25, 0.3) is 0 Å². The van der Waals surface area contributed by atoms with Crippen molar-refractivity contribution in [1.29, 1.82) is 0 Å².